The molecule has 0 unspecified atom stereocenters. The zero-order chi connectivity index (χ0) is 14.5. The minimum atomic E-state index is 0.186. The Hall–Kier alpha value is -0.780. The van der Waals surface area contributed by atoms with E-state index in [1.807, 2.05) is 19.1 Å². The molecule has 1 aliphatic heterocycles. The number of ether oxygens (including phenoxy) is 1. The van der Waals surface area contributed by atoms with Crippen LogP contribution in [0.25, 0.3) is 0 Å². The van der Waals surface area contributed by atoms with E-state index in [-0.39, 0.29) is 5.75 Å². The van der Waals surface area contributed by atoms with Crippen molar-refractivity contribution in [3.63, 3.8) is 0 Å². The Labute approximate surface area is 129 Å². The highest BCUT2D eigenvalue weighted by molar-refractivity contribution is 9.10. The minimum absolute atomic E-state index is 0.186. The van der Waals surface area contributed by atoms with E-state index in [0.717, 1.165) is 39.3 Å². The fourth-order valence-corrected chi connectivity index (χ4v) is 3.00. The van der Waals surface area contributed by atoms with Crippen LogP contribution in [0, 0.1) is 0 Å². The molecule has 1 heterocycles. The van der Waals surface area contributed by atoms with Crippen LogP contribution in [0.5, 0.6) is 11.5 Å². The molecule has 2 rings (SSSR count). The molecule has 0 spiro atoms. The zero-order valence-corrected chi connectivity index (χ0v) is 13.8. The van der Waals surface area contributed by atoms with Gasteiger partial charge < -0.3 is 14.7 Å². The molecule has 1 saturated heterocycles. The molecule has 1 fully saturated rings. The van der Waals surface area contributed by atoms with Crippen molar-refractivity contribution in [1.82, 2.24) is 9.80 Å². The van der Waals surface area contributed by atoms with Crippen LogP contribution in [0.2, 0.25) is 0 Å². The molecule has 0 atom stereocenters. The van der Waals surface area contributed by atoms with Crippen molar-refractivity contribution in [3.8, 4) is 11.5 Å². The standard InChI is InChI=1S/C15H23BrN2O2/c1-3-17-5-7-18(8-6-17)11-12-9-13(16)15(19)14(10-12)20-4-2/h9-10,19H,3-8,11H2,1-2H3. The smallest absolute Gasteiger partial charge is 0.172 e. The number of likely N-dealkylation sites (N-methyl/N-ethyl adjacent to an activating group) is 1. The first kappa shape index (κ1) is 15.6. The summed E-state index contributed by atoms with van der Waals surface area (Å²) in [6, 6.07) is 3.92. The number of halogens is 1. The molecule has 4 nitrogen and oxygen atoms in total. The van der Waals surface area contributed by atoms with Crippen LogP contribution in [0.4, 0.5) is 0 Å². The van der Waals surface area contributed by atoms with E-state index in [2.05, 4.69) is 32.7 Å². The molecule has 1 aromatic carbocycles. The summed E-state index contributed by atoms with van der Waals surface area (Å²) in [5.74, 6) is 0.746. The summed E-state index contributed by atoms with van der Waals surface area (Å²) < 4.78 is 6.17. The van der Waals surface area contributed by atoms with Crippen LogP contribution in [0.3, 0.4) is 0 Å². The molecule has 0 radical (unpaired) electrons. The van der Waals surface area contributed by atoms with Crippen LogP contribution >= 0.6 is 15.9 Å². The number of benzene rings is 1. The summed E-state index contributed by atoms with van der Waals surface area (Å²) in [7, 11) is 0. The highest BCUT2D eigenvalue weighted by Gasteiger charge is 2.17. The Morgan fingerprint density at radius 3 is 2.40 bits per heavy atom. The van der Waals surface area contributed by atoms with Crippen molar-refractivity contribution in [2.24, 2.45) is 0 Å². The fourth-order valence-electron chi connectivity index (χ4n) is 2.51. The number of phenols is 1. The van der Waals surface area contributed by atoms with E-state index in [0.29, 0.717) is 16.8 Å². The lowest BCUT2D eigenvalue weighted by Gasteiger charge is -2.34. The number of rotatable bonds is 5. The Morgan fingerprint density at radius 2 is 1.80 bits per heavy atom. The molecule has 0 aromatic heterocycles. The van der Waals surface area contributed by atoms with Crippen molar-refractivity contribution < 1.29 is 9.84 Å². The van der Waals surface area contributed by atoms with Gasteiger partial charge in [0.25, 0.3) is 0 Å². The molecular formula is C15H23BrN2O2. The van der Waals surface area contributed by atoms with Gasteiger partial charge in [-0.15, -0.1) is 0 Å². The molecule has 0 saturated carbocycles. The Bertz CT molecular complexity index is 446. The average Bonchev–Trinajstić information content (AvgIpc) is 2.45. The Kier molecular flexibility index (Phi) is 5.69. The van der Waals surface area contributed by atoms with E-state index in [9.17, 15) is 5.11 Å². The molecule has 1 aromatic rings. The van der Waals surface area contributed by atoms with Crippen LogP contribution in [0.15, 0.2) is 16.6 Å². The maximum Gasteiger partial charge on any atom is 0.172 e. The van der Waals surface area contributed by atoms with E-state index in [1.165, 1.54) is 5.56 Å². The van der Waals surface area contributed by atoms with Gasteiger partial charge in [0.05, 0.1) is 11.1 Å². The number of piperazine rings is 1. The molecule has 5 heteroatoms. The van der Waals surface area contributed by atoms with E-state index in [4.69, 9.17) is 4.74 Å². The van der Waals surface area contributed by atoms with Crippen molar-refractivity contribution in [2.75, 3.05) is 39.3 Å². The van der Waals surface area contributed by atoms with Crippen molar-refractivity contribution in [1.29, 1.82) is 0 Å². The van der Waals surface area contributed by atoms with Crippen LogP contribution in [-0.2, 0) is 6.54 Å². The van der Waals surface area contributed by atoms with Crippen LogP contribution in [-0.4, -0.2) is 54.2 Å². The molecule has 1 aliphatic rings. The largest absolute Gasteiger partial charge is 0.503 e. The number of hydrogen-bond acceptors (Lipinski definition) is 4. The van der Waals surface area contributed by atoms with E-state index < -0.39 is 0 Å². The zero-order valence-electron chi connectivity index (χ0n) is 12.2. The van der Waals surface area contributed by atoms with Gasteiger partial charge in [-0.05, 0) is 47.1 Å². The Balaban J connectivity index is 2.02. The lowest BCUT2D eigenvalue weighted by atomic mass is 10.1. The fraction of sp³-hybridized carbons (Fsp3) is 0.600. The summed E-state index contributed by atoms with van der Waals surface area (Å²) in [4.78, 5) is 4.91. The second-order valence-corrected chi connectivity index (χ2v) is 5.92. The first-order chi connectivity index (χ1) is 9.63. The van der Waals surface area contributed by atoms with Crippen molar-refractivity contribution in [3.05, 3.63) is 22.2 Å². The third-order valence-corrected chi connectivity index (χ3v) is 4.31. The summed E-state index contributed by atoms with van der Waals surface area (Å²) in [5, 5.41) is 9.93. The van der Waals surface area contributed by atoms with Crippen molar-refractivity contribution >= 4 is 15.9 Å². The maximum atomic E-state index is 9.93. The summed E-state index contributed by atoms with van der Waals surface area (Å²) in [5.41, 5.74) is 1.17. The van der Waals surface area contributed by atoms with Gasteiger partial charge in [0.15, 0.2) is 11.5 Å². The molecule has 0 aliphatic carbocycles. The summed E-state index contributed by atoms with van der Waals surface area (Å²) in [6.07, 6.45) is 0. The normalized spacial score (nSPS) is 17.4. The van der Waals surface area contributed by atoms with Crippen LogP contribution < -0.4 is 4.74 Å². The van der Waals surface area contributed by atoms with Gasteiger partial charge >= 0.3 is 0 Å². The first-order valence-electron chi connectivity index (χ1n) is 7.23. The maximum absolute atomic E-state index is 9.93. The van der Waals surface area contributed by atoms with Gasteiger partial charge in [-0.1, -0.05) is 6.92 Å². The van der Waals surface area contributed by atoms with Gasteiger partial charge in [-0.3, -0.25) is 4.90 Å². The number of phenolic OH excluding ortho intramolecular Hbond substituents is 1. The lowest BCUT2D eigenvalue weighted by Crippen LogP contribution is -2.45. The minimum Gasteiger partial charge on any atom is -0.503 e. The third kappa shape index (κ3) is 3.87. The number of aromatic hydroxyl groups is 1. The molecule has 1 N–H and O–H groups in total. The second kappa shape index (κ2) is 7.29. The number of hydrogen-bond donors (Lipinski definition) is 1. The molecule has 0 bridgehead atoms. The molecular weight excluding hydrogens is 320 g/mol. The van der Waals surface area contributed by atoms with Crippen LogP contribution in [0.1, 0.15) is 19.4 Å². The predicted molar refractivity (Wildman–Crippen MR) is 84.4 cm³/mol. The van der Waals surface area contributed by atoms with Gasteiger partial charge in [0.2, 0.25) is 0 Å². The van der Waals surface area contributed by atoms with E-state index in [1.54, 1.807) is 0 Å². The van der Waals surface area contributed by atoms with Crippen molar-refractivity contribution in [2.45, 2.75) is 20.4 Å². The number of nitrogens with zero attached hydrogens (tertiary/aromatic N) is 2. The molecule has 20 heavy (non-hydrogen) atoms. The second-order valence-electron chi connectivity index (χ2n) is 5.07. The molecule has 112 valence electrons. The van der Waals surface area contributed by atoms with Gasteiger partial charge in [-0.2, -0.15) is 0 Å². The molecule has 0 amide bonds. The lowest BCUT2D eigenvalue weighted by molar-refractivity contribution is 0.132. The average molecular weight is 343 g/mol. The first-order valence-corrected chi connectivity index (χ1v) is 8.02. The predicted octanol–water partition coefficient (Wildman–Crippen LogP) is 2.69. The summed E-state index contributed by atoms with van der Waals surface area (Å²) >= 11 is 3.40. The Morgan fingerprint density at radius 1 is 1.15 bits per heavy atom. The topological polar surface area (TPSA) is 35.9 Å². The SMILES string of the molecule is CCOc1cc(CN2CCN(CC)CC2)cc(Br)c1O. The highest BCUT2D eigenvalue weighted by atomic mass is 79.9. The highest BCUT2D eigenvalue weighted by Crippen LogP contribution is 2.35. The van der Waals surface area contributed by atoms with E-state index >= 15 is 0 Å². The quantitative estimate of drug-likeness (QED) is 0.892. The third-order valence-electron chi connectivity index (χ3n) is 3.71. The monoisotopic (exact) mass is 342 g/mol. The van der Waals surface area contributed by atoms with Gasteiger partial charge in [0.1, 0.15) is 0 Å². The summed E-state index contributed by atoms with van der Waals surface area (Å²) in [6.45, 7) is 11.2. The van der Waals surface area contributed by atoms with Gasteiger partial charge in [0, 0.05) is 32.7 Å². The van der Waals surface area contributed by atoms with Gasteiger partial charge in [-0.25, -0.2) is 0 Å².